The van der Waals surface area contributed by atoms with Crippen molar-refractivity contribution in [1.82, 2.24) is 10.2 Å². The molecule has 0 saturated carbocycles. The summed E-state index contributed by atoms with van der Waals surface area (Å²) in [6, 6.07) is 2.57. The minimum Gasteiger partial charge on any atom is -0.366 e. The maximum atomic E-state index is 4.23. The van der Waals surface area contributed by atoms with Gasteiger partial charge in [-0.1, -0.05) is 27.7 Å². The van der Waals surface area contributed by atoms with Crippen LogP contribution in [0.5, 0.6) is 0 Å². The molecule has 0 spiro atoms. The highest BCUT2D eigenvalue weighted by Gasteiger charge is 2.16. The van der Waals surface area contributed by atoms with Gasteiger partial charge in [-0.2, -0.15) is 5.10 Å². The number of aromatic nitrogens is 2. The summed E-state index contributed by atoms with van der Waals surface area (Å²) < 4.78 is 0. The van der Waals surface area contributed by atoms with Crippen LogP contribution in [0, 0.1) is 0 Å². The third kappa shape index (κ3) is 2.76. The molecule has 3 nitrogen and oxygen atoms in total. The van der Waals surface area contributed by atoms with E-state index in [9.17, 15) is 0 Å². The number of anilines is 1. The van der Waals surface area contributed by atoms with Crippen LogP contribution in [0.1, 0.15) is 46.7 Å². The van der Waals surface area contributed by atoms with E-state index in [1.165, 1.54) is 5.69 Å². The van der Waals surface area contributed by atoms with E-state index in [0.717, 1.165) is 12.2 Å². The quantitative estimate of drug-likeness (QED) is 0.778. The first-order chi connectivity index (χ1) is 6.43. The lowest BCUT2D eigenvalue weighted by Gasteiger charge is -2.14. The predicted molar refractivity (Wildman–Crippen MR) is 60.7 cm³/mol. The molecule has 1 aromatic heterocycles. The lowest BCUT2D eigenvalue weighted by Crippen LogP contribution is -2.13. The topological polar surface area (TPSA) is 40.7 Å². The number of H-pyrrole nitrogens is 1. The number of hydrogen-bond acceptors (Lipinski definition) is 2. The summed E-state index contributed by atoms with van der Waals surface area (Å²) in [7, 11) is 0. The van der Waals surface area contributed by atoms with E-state index in [2.05, 4.69) is 56.2 Å². The summed E-state index contributed by atoms with van der Waals surface area (Å²) in [6.07, 6.45) is 1.11. The fraction of sp³-hybridized carbons (Fsp3) is 0.727. The Morgan fingerprint density at radius 2 is 2.14 bits per heavy atom. The Labute approximate surface area is 86.3 Å². The van der Waals surface area contributed by atoms with Crippen LogP contribution in [0.2, 0.25) is 0 Å². The van der Waals surface area contributed by atoms with E-state index in [0.29, 0.717) is 6.04 Å². The average Bonchev–Trinajstić information content (AvgIpc) is 2.51. The Morgan fingerprint density at radius 3 is 2.57 bits per heavy atom. The minimum atomic E-state index is 0.141. The molecule has 0 saturated heterocycles. The van der Waals surface area contributed by atoms with Gasteiger partial charge in [-0.25, -0.2) is 0 Å². The van der Waals surface area contributed by atoms with E-state index in [1.807, 2.05) is 0 Å². The van der Waals surface area contributed by atoms with Crippen molar-refractivity contribution >= 4 is 5.82 Å². The monoisotopic (exact) mass is 195 g/mol. The van der Waals surface area contributed by atoms with Gasteiger partial charge in [0.25, 0.3) is 0 Å². The van der Waals surface area contributed by atoms with E-state index < -0.39 is 0 Å². The number of rotatable bonds is 3. The zero-order chi connectivity index (χ0) is 10.8. The standard InChI is InChI=1S/C11H21N3/c1-6-8(2)12-10-7-9(13-14-10)11(3,4)5/h7-8H,6H2,1-5H3,(H2,12,13,14). The van der Waals surface area contributed by atoms with Gasteiger partial charge in [0.1, 0.15) is 5.82 Å². The van der Waals surface area contributed by atoms with Gasteiger partial charge in [-0.3, -0.25) is 5.10 Å². The van der Waals surface area contributed by atoms with Gasteiger partial charge < -0.3 is 5.32 Å². The van der Waals surface area contributed by atoms with Gasteiger partial charge in [0.05, 0.1) is 0 Å². The molecule has 0 fully saturated rings. The molecule has 0 bridgehead atoms. The van der Waals surface area contributed by atoms with Crippen molar-refractivity contribution in [3.05, 3.63) is 11.8 Å². The van der Waals surface area contributed by atoms with Crippen molar-refractivity contribution in [1.29, 1.82) is 0 Å². The number of nitrogens with zero attached hydrogens (tertiary/aromatic N) is 1. The molecule has 0 aliphatic rings. The molecule has 0 amide bonds. The first-order valence-electron chi connectivity index (χ1n) is 5.26. The SMILES string of the molecule is CCC(C)Nc1cc(C(C)(C)C)[nH]n1. The van der Waals surface area contributed by atoms with Crippen LogP contribution >= 0.6 is 0 Å². The van der Waals surface area contributed by atoms with Crippen molar-refractivity contribution in [2.24, 2.45) is 0 Å². The van der Waals surface area contributed by atoms with Gasteiger partial charge in [0, 0.05) is 23.2 Å². The molecule has 3 heteroatoms. The summed E-state index contributed by atoms with van der Waals surface area (Å²) in [6.45, 7) is 10.8. The third-order valence-corrected chi connectivity index (χ3v) is 2.39. The zero-order valence-corrected chi connectivity index (χ0v) is 9.81. The summed E-state index contributed by atoms with van der Waals surface area (Å²) in [5, 5.41) is 10.6. The molecule has 14 heavy (non-hydrogen) atoms. The highest BCUT2D eigenvalue weighted by Crippen LogP contribution is 2.22. The van der Waals surface area contributed by atoms with E-state index in [-0.39, 0.29) is 5.41 Å². The molecule has 1 aromatic rings. The second-order valence-electron chi connectivity index (χ2n) is 4.87. The lowest BCUT2D eigenvalue weighted by atomic mass is 9.92. The first-order valence-corrected chi connectivity index (χ1v) is 5.26. The molecule has 0 aromatic carbocycles. The Morgan fingerprint density at radius 1 is 1.50 bits per heavy atom. The van der Waals surface area contributed by atoms with Gasteiger partial charge in [-0.05, 0) is 13.3 Å². The van der Waals surface area contributed by atoms with Gasteiger partial charge in [0.15, 0.2) is 0 Å². The lowest BCUT2D eigenvalue weighted by molar-refractivity contribution is 0.567. The summed E-state index contributed by atoms with van der Waals surface area (Å²) in [4.78, 5) is 0. The summed E-state index contributed by atoms with van der Waals surface area (Å²) in [5.41, 5.74) is 1.31. The van der Waals surface area contributed by atoms with Crippen LogP contribution in [0.15, 0.2) is 6.07 Å². The molecule has 2 N–H and O–H groups in total. The Hall–Kier alpha value is -0.990. The van der Waals surface area contributed by atoms with Gasteiger partial charge >= 0.3 is 0 Å². The van der Waals surface area contributed by atoms with Crippen molar-refractivity contribution in [3.8, 4) is 0 Å². The van der Waals surface area contributed by atoms with Crippen LogP contribution in [-0.2, 0) is 5.41 Å². The van der Waals surface area contributed by atoms with Crippen LogP contribution in [0.25, 0.3) is 0 Å². The van der Waals surface area contributed by atoms with E-state index >= 15 is 0 Å². The summed E-state index contributed by atoms with van der Waals surface area (Å²) >= 11 is 0. The van der Waals surface area contributed by atoms with Crippen LogP contribution in [0.4, 0.5) is 5.82 Å². The van der Waals surface area contributed by atoms with Crippen LogP contribution in [-0.4, -0.2) is 16.2 Å². The highest BCUT2D eigenvalue weighted by molar-refractivity contribution is 5.38. The normalized spacial score (nSPS) is 14.1. The van der Waals surface area contributed by atoms with E-state index in [1.54, 1.807) is 0 Å². The largest absolute Gasteiger partial charge is 0.366 e. The second kappa shape index (κ2) is 4.03. The average molecular weight is 195 g/mol. The molecule has 0 radical (unpaired) electrons. The minimum absolute atomic E-state index is 0.141. The molecule has 1 heterocycles. The molecule has 0 aliphatic carbocycles. The molecule has 1 unspecified atom stereocenters. The van der Waals surface area contributed by atoms with Crippen LogP contribution in [0.3, 0.4) is 0 Å². The maximum absolute atomic E-state index is 4.23. The molecular weight excluding hydrogens is 174 g/mol. The van der Waals surface area contributed by atoms with Gasteiger partial charge in [-0.15, -0.1) is 0 Å². The Balaban J connectivity index is 2.69. The van der Waals surface area contributed by atoms with Crippen molar-refractivity contribution < 1.29 is 0 Å². The molecule has 1 rings (SSSR count). The fourth-order valence-corrected chi connectivity index (χ4v) is 1.13. The highest BCUT2D eigenvalue weighted by atomic mass is 15.2. The van der Waals surface area contributed by atoms with Crippen molar-refractivity contribution in [3.63, 3.8) is 0 Å². The third-order valence-electron chi connectivity index (χ3n) is 2.39. The second-order valence-corrected chi connectivity index (χ2v) is 4.87. The number of aromatic amines is 1. The van der Waals surface area contributed by atoms with Crippen LogP contribution < -0.4 is 5.32 Å². The Kier molecular flexibility index (Phi) is 3.19. The van der Waals surface area contributed by atoms with Crippen molar-refractivity contribution in [2.75, 3.05) is 5.32 Å². The van der Waals surface area contributed by atoms with Crippen molar-refractivity contribution in [2.45, 2.75) is 52.5 Å². The molecule has 0 aliphatic heterocycles. The smallest absolute Gasteiger partial charge is 0.148 e. The fourth-order valence-electron chi connectivity index (χ4n) is 1.13. The molecule has 1 atom stereocenters. The zero-order valence-electron chi connectivity index (χ0n) is 9.81. The predicted octanol–water partition coefficient (Wildman–Crippen LogP) is 2.92. The first kappa shape index (κ1) is 11.1. The summed E-state index contributed by atoms with van der Waals surface area (Å²) in [5.74, 6) is 0.948. The van der Waals surface area contributed by atoms with E-state index in [4.69, 9.17) is 0 Å². The molecule has 80 valence electrons. The maximum Gasteiger partial charge on any atom is 0.148 e. The Bertz CT molecular complexity index is 283. The number of nitrogens with one attached hydrogen (secondary N) is 2. The number of hydrogen-bond donors (Lipinski definition) is 2. The molecular formula is C11H21N3. The van der Waals surface area contributed by atoms with Gasteiger partial charge in [0.2, 0.25) is 0 Å².